The van der Waals surface area contributed by atoms with Gasteiger partial charge in [-0.25, -0.2) is 0 Å². The summed E-state index contributed by atoms with van der Waals surface area (Å²) in [5.74, 6) is 0.789. The summed E-state index contributed by atoms with van der Waals surface area (Å²) in [6, 6.07) is 74.6. The number of rotatable bonds is 9. The van der Waals surface area contributed by atoms with Crippen LogP contribution in [0.3, 0.4) is 0 Å². The number of aromatic nitrogens is 1. The molecule has 0 bridgehead atoms. The zero-order valence-electron chi connectivity index (χ0n) is 34.4. The fourth-order valence-electron chi connectivity index (χ4n) is 9.04. The van der Waals surface area contributed by atoms with Crippen LogP contribution in [0.2, 0.25) is 0 Å². The molecule has 9 aromatic carbocycles. The first-order valence-electron chi connectivity index (χ1n) is 21.1. The number of benzene rings is 9. The van der Waals surface area contributed by atoms with E-state index in [-0.39, 0.29) is 0 Å². The van der Waals surface area contributed by atoms with Crippen molar-refractivity contribution in [3.63, 3.8) is 0 Å². The van der Waals surface area contributed by atoms with Gasteiger partial charge in [-0.15, -0.1) is 0 Å². The molecule has 0 aliphatic rings. The molecule has 11 rings (SSSR count). The lowest BCUT2D eigenvalue weighted by Gasteiger charge is -2.26. The van der Waals surface area contributed by atoms with Gasteiger partial charge in [0.2, 0.25) is 0 Å². The van der Waals surface area contributed by atoms with Crippen LogP contribution < -0.4 is 4.90 Å². The standard InChI is InChI=1S/C59H42N2O/c1-3-12-53-55-39-47(27-36-59(55)62-58(53)4-2)44-23-30-49(31-24-44)60(51-34-25-41-15-8-9-16-45(41)37-51)48-28-21-43(22-29-48)46-26-35-57-54(38-46)52-17-10-11-18-56(52)61(57)50-32-19-42(20-33-50)40-13-6-5-7-14-40/h3-39H,2H2,1H3/b12-3-. The van der Waals surface area contributed by atoms with Gasteiger partial charge in [0.05, 0.1) is 11.0 Å². The van der Waals surface area contributed by atoms with Gasteiger partial charge in [-0.1, -0.05) is 146 Å². The molecular weight excluding hydrogens is 753 g/mol. The molecule has 0 amide bonds. The van der Waals surface area contributed by atoms with Crippen molar-refractivity contribution in [1.82, 2.24) is 4.57 Å². The van der Waals surface area contributed by atoms with Crippen molar-refractivity contribution in [1.29, 1.82) is 0 Å². The largest absolute Gasteiger partial charge is 0.456 e. The van der Waals surface area contributed by atoms with Crippen LogP contribution in [-0.4, -0.2) is 4.57 Å². The molecule has 0 unspecified atom stereocenters. The monoisotopic (exact) mass is 794 g/mol. The van der Waals surface area contributed by atoms with Gasteiger partial charge in [0, 0.05) is 44.5 Å². The summed E-state index contributed by atoms with van der Waals surface area (Å²) in [5, 5.41) is 5.97. The Labute approximate surface area is 361 Å². The molecule has 0 saturated heterocycles. The zero-order chi connectivity index (χ0) is 41.6. The van der Waals surface area contributed by atoms with Crippen molar-refractivity contribution in [2.24, 2.45) is 0 Å². The minimum absolute atomic E-state index is 0.789. The van der Waals surface area contributed by atoms with Gasteiger partial charge in [-0.3, -0.25) is 0 Å². The fraction of sp³-hybridized carbons (Fsp3) is 0.0169. The molecule has 0 aliphatic carbocycles. The van der Waals surface area contributed by atoms with Gasteiger partial charge in [0.15, 0.2) is 0 Å². The highest BCUT2D eigenvalue weighted by atomic mass is 16.3. The Morgan fingerprint density at radius 2 is 1.00 bits per heavy atom. The van der Waals surface area contributed by atoms with Crippen LogP contribution in [0.1, 0.15) is 18.2 Å². The summed E-state index contributed by atoms with van der Waals surface area (Å²) in [7, 11) is 0. The number of allylic oxidation sites excluding steroid dienone is 1. The van der Waals surface area contributed by atoms with Crippen LogP contribution >= 0.6 is 0 Å². The molecule has 0 spiro atoms. The Hall–Kier alpha value is -8.14. The molecule has 0 atom stereocenters. The van der Waals surface area contributed by atoms with E-state index in [4.69, 9.17) is 4.42 Å². The van der Waals surface area contributed by atoms with Gasteiger partial charge < -0.3 is 13.9 Å². The molecule has 62 heavy (non-hydrogen) atoms. The lowest BCUT2D eigenvalue weighted by molar-refractivity contribution is 0.603. The predicted molar refractivity (Wildman–Crippen MR) is 264 cm³/mol. The Bertz CT molecular complexity index is 3460. The van der Waals surface area contributed by atoms with E-state index in [9.17, 15) is 0 Å². The number of furan rings is 1. The van der Waals surface area contributed by atoms with Gasteiger partial charge >= 0.3 is 0 Å². The van der Waals surface area contributed by atoms with Crippen LogP contribution in [-0.2, 0) is 0 Å². The quantitative estimate of drug-likeness (QED) is 0.145. The number of para-hydroxylation sites is 1. The van der Waals surface area contributed by atoms with Crippen molar-refractivity contribution in [2.45, 2.75) is 6.92 Å². The highest BCUT2D eigenvalue weighted by molar-refractivity contribution is 6.10. The third kappa shape index (κ3) is 6.48. The van der Waals surface area contributed by atoms with Gasteiger partial charge in [0.1, 0.15) is 11.3 Å². The second-order valence-electron chi connectivity index (χ2n) is 15.8. The first-order chi connectivity index (χ1) is 30.6. The molecule has 3 nitrogen and oxygen atoms in total. The zero-order valence-corrected chi connectivity index (χ0v) is 34.4. The van der Waals surface area contributed by atoms with Crippen LogP contribution in [0, 0.1) is 0 Å². The minimum atomic E-state index is 0.789. The van der Waals surface area contributed by atoms with Crippen molar-refractivity contribution < 1.29 is 4.42 Å². The summed E-state index contributed by atoms with van der Waals surface area (Å²) in [5.41, 5.74) is 15.8. The first-order valence-corrected chi connectivity index (χ1v) is 21.1. The smallest absolute Gasteiger partial charge is 0.135 e. The van der Waals surface area contributed by atoms with Gasteiger partial charge in [-0.05, 0) is 136 Å². The van der Waals surface area contributed by atoms with Crippen LogP contribution in [0.15, 0.2) is 223 Å². The van der Waals surface area contributed by atoms with E-state index in [2.05, 4.69) is 228 Å². The summed E-state index contributed by atoms with van der Waals surface area (Å²) < 4.78 is 8.48. The molecule has 0 aliphatic heterocycles. The Morgan fingerprint density at radius 3 is 1.71 bits per heavy atom. The predicted octanol–water partition coefficient (Wildman–Crippen LogP) is 16.8. The van der Waals surface area contributed by atoms with E-state index in [0.29, 0.717) is 0 Å². The highest BCUT2D eigenvalue weighted by Gasteiger charge is 2.17. The average molecular weight is 795 g/mol. The topological polar surface area (TPSA) is 21.3 Å². The lowest BCUT2D eigenvalue weighted by Crippen LogP contribution is -2.09. The number of anilines is 3. The summed E-state index contributed by atoms with van der Waals surface area (Å²) in [6.45, 7) is 5.99. The molecule has 11 aromatic rings. The number of fused-ring (bicyclic) bond motifs is 5. The number of hydrogen-bond donors (Lipinski definition) is 0. The second-order valence-corrected chi connectivity index (χ2v) is 15.8. The molecule has 2 aromatic heterocycles. The third-order valence-electron chi connectivity index (χ3n) is 12.1. The Kier molecular flexibility index (Phi) is 9.21. The van der Waals surface area contributed by atoms with Crippen molar-refractivity contribution in [2.75, 3.05) is 4.90 Å². The van der Waals surface area contributed by atoms with Crippen LogP contribution in [0.25, 0.3) is 94.8 Å². The molecule has 0 radical (unpaired) electrons. The molecule has 0 fully saturated rings. The van der Waals surface area contributed by atoms with Crippen LogP contribution in [0.5, 0.6) is 0 Å². The average Bonchev–Trinajstić information content (AvgIpc) is 3.87. The minimum Gasteiger partial charge on any atom is -0.456 e. The van der Waals surface area contributed by atoms with E-state index in [1.54, 1.807) is 6.08 Å². The Balaban J connectivity index is 0.954. The molecule has 0 saturated carbocycles. The SMILES string of the molecule is C=Cc1oc2ccc(-c3ccc(N(c4ccc(-c5ccc6c(c5)c5ccccc5n6-c5ccc(-c6ccccc6)cc5)cc4)c4ccc5ccccc5c4)cc3)cc2c1/C=C\C. The molecule has 294 valence electrons. The van der Waals surface area contributed by atoms with E-state index < -0.39 is 0 Å². The fourth-order valence-corrected chi connectivity index (χ4v) is 9.04. The van der Waals surface area contributed by atoms with Crippen molar-refractivity contribution in [3.05, 3.63) is 230 Å². The lowest BCUT2D eigenvalue weighted by atomic mass is 10.0. The summed E-state index contributed by atoms with van der Waals surface area (Å²) in [6.07, 6.45) is 5.91. The van der Waals surface area contributed by atoms with E-state index in [0.717, 1.165) is 56.2 Å². The highest BCUT2D eigenvalue weighted by Crippen LogP contribution is 2.40. The van der Waals surface area contributed by atoms with Crippen LogP contribution in [0.4, 0.5) is 17.1 Å². The van der Waals surface area contributed by atoms with Gasteiger partial charge in [-0.2, -0.15) is 0 Å². The van der Waals surface area contributed by atoms with Gasteiger partial charge in [0.25, 0.3) is 0 Å². The normalized spacial score (nSPS) is 11.6. The van der Waals surface area contributed by atoms with E-state index in [1.165, 1.54) is 54.8 Å². The maximum absolute atomic E-state index is 6.10. The molecular formula is C59H42N2O. The maximum atomic E-state index is 6.10. The third-order valence-corrected chi connectivity index (χ3v) is 12.1. The maximum Gasteiger partial charge on any atom is 0.135 e. The number of hydrogen-bond acceptors (Lipinski definition) is 2. The van der Waals surface area contributed by atoms with Crippen molar-refractivity contribution >= 4 is 72.8 Å². The first kappa shape index (κ1) is 36.9. The summed E-state index contributed by atoms with van der Waals surface area (Å²) in [4.78, 5) is 2.35. The second kappa shape index (κ2) is 15.5. The molecule has 0 N–H and O–H groups in total. The Morgan fingerprint density at radius 1 is 0.452 bits per heavy atom. The molecule has 2 heterocycles. The summed E-state index contributed by atoms with van der Waals surface area (Å²) >= 11 is 0. The molecule has 3 heteroatoms. The number of nitrogens with zero attached hydrogens (tertiary/aromatic N) is 2. The van der Waals surface area contributed by atoms with Crippen molar-refractivity contribution in [3.8, 4) is 39.1 Å². The van der Waals surface area contributed by atoms with E-state index >= 15 is 0 Å². The van der Waals surface area contributed by atoms with E-state index in [1.807, 2.05) is 13.0 Å².